The molecular weight excluding hydrogens is 382 g/mol. The molecule has 0 saturated carbocycles. The molecule has 4 rings (SSSR count). The number of nitrogens with one attached hydrogen (secondary N) is 1. The molecule has 0 spiro atoms. The molecular formula is C22H27N5O3. The largest absolute Gasteiger partial charge is 0.451 e. The molecule has 8 heteroatoms. The Bertz CT molecular complexity index is 988. The molecule has 1 saturated heterocycles. The van der Waals surface area contributed by atoms with Crippen LogP contribution in [0.25, 0.3) is 11.0 Å². The average Bonchev–Trinajstić information content (AvgIpc) is 3.36. The molecule has 30 heavy (non-hydrogen) atoms. The summed E-state index contributed by atoms with van der Waals surface area (Å²) in [6.45, 7) is 2.22. The fourth-order valence-electron chi connectivity index (χ4n) is 3.81. The van der Waals surface area contributed by atoms with Crippen molar-refractivity contribution in [1.29, 1.82) is 0 Å². The summed E-state index contributed by atoms with van der Waals surface area (Å²) in [5, 5.41) is 7.74. The summed E-state index contributed by atoms with van der Waals surface area (Å²) in [7, 11) is 0. The maximum absolute atomic E-state index is 12.9. The molecule has 158 valence electrons. The molecule has 0 radical (unpaired) electrons. The molecule has 0 aliphatic carbocycles. The van der Waals surface area contributed by atoms with E-state index >= 15 is 0 Å². The van der Waals surface area contributed by atoms with Gasteiger partial charge in [0.1, 0.15) is 18.2 Å². The Kier molecular flexibility index (Phi) is 6.41. The van der Waals surface area contributed by atoms with Crippen LogP contribution in [0, 0.1) is 0 Å². The van der Waals surface area contributed by atoms with E-state index in [-0.39, 0.29) is 11.8 Å². The fourth-order valence-corrected chi connectivity index (χ4v) is 3.81. The number of likely N-dealkylation sites (tertiary alicyclic amines) is 1. The summed E-state index contributed by atoms with van der Waals surface area (Å²) in [6.07, 6.45) is 9.86. The molecule has 1 aliphatic heterocycles. The second-order valence-corrected chi connectivity index (χ2v) is 7.73. The van der Waals surface area contributed by atoms with Gasteiger partial charge >= 0.3 is 0 Å². The molecule has 0 bridgehead atoms. The van der Waals surface area contributed by atoms with Gasteiger partial charge < -0.3 is 14.6 Å². The number of carbonyl (C=O) groups excluding carboxylic acids is 2. The summed E-state index contributed by atoms with van der Waals surface area (Å²) in [5.74, 6) is 0.253. The lowest BCUT2D eigenvalue weighted by atomic mass is 10.1. The number of carbonyl (C=O) groups is 2. The molecule has 0 atom stereocenters. The maximum atomic E-state index is 12.9. The van der Waals surface area contributed by atoms with Crippen LogP contribution in [-0.2, 0) is 11.3 Å². The number of hydrogen-bond acceptors (Lipinski definition) is 5. The van der Waals surface area contributed by atoms with E-state index in [2.05, 4.69) is 15.4 Å². The Morgan fingerprint density at radius 1 is 1.07 bits per heavy atom. The van der Waals surface area contributed by atoms with Crippen LogP contribution in [0.3, 0.4) is 0 Å². The van der Waals surface area contributed by atoms with Crippen molar-refractivity contribution in [2.24, 2.45) is 0 Å². The van der Waals surface area contributed by atoms with Crippen LogP contribution in [0.2, 0.25) is 0 Å². The van der Waals surface area contributed by atoms with E-state index in [9.17, 15) is 9.59 Å². The highest BCUT2D eigenvalue weighted by Crippen LogP contribution is 2.25. The second kappa shape index (κ2) is 9.56. The molecule has 1 N–H and O–H groups in total. The number of anilines is 1. The monoisotopic (exact) mass is 409 g/mol. The molecule has 1 aromatic carbocycles. The number of amides is 2. The van der Waals surface area contributed by atoms with Crippen LogP contribution in [-0.4, -0.2) is 44.6 Å². The first-order valence-electron chi connectivity index (χ1n) is 10.6. The van der Waals surface area contributed by atoms with Crippen LogP contribution in [0.15, 0.2) is 41.3 Å². The van der Waals surface area contributed by atoms with Crippen molar-refractivity contribution in [3.8, 4) is 0 Å². The van der Waals surface area contributed by atoms with Crippen molar-refractivity contribution >= 4 is 28.5 Å². The first kappa shape index (κ1) is 20.1. The summed E-state index contributed by atoms with van der Waals surface area (Å²) in [4.78, 5) is 30.9. The van der Waals surface area contributed by atoms with E-state index in [0.29, 0.717) is 36.4 Å². The number of aromatic nitrogens is 3. The molecule has 3 heterocycles. The normalized spacial score (nSPS) is 15.0. The van der Waals surface area contributed by atoms with Gasteiger partial charge in [-0.2, -0.15) is 5.10 Å². The van der Waals surface area contributed by atoms with E-state index in [1.165, 1.54) is 25.6 Å². The second-order valence-electron chi connectivity index (χ2n) is 7.73. The zero-order valence-corrected chi connectivity index (χ0v) is 17.0. The molecule has 1 aliphatic rings. The average molecular weight is 409 g/mol. The Balaban J connectivity index is 1.36. The zero-order chi connectivity index (χ0) is 20.8. The Morgan fingerprint density at radius 2 is 1.87 bits per heavy atom. The fraction of sp³-hybridized carbons (Fsp3) is 0.455. The number of fused-ring (bicyclic) bond motifs is 1. The van der Waals surface area contributed by atoms with Crippen molar-refractivity contribution in [1.82, 2.24) is 19.7 Å². The lowest BCUT2D eigenvalue weighted by molar-refractivity contribution is -0.116. The minimum atomic E-state index is -0.0603. The zero-order valence-electron chi connectivity index (χ0n) is 17.0. The van der Waals surface area contributed by atoms with E-state index in [1.807, 2.05) is 11.0 Å². The van der Waals surface area contributed by atoms with E-state index < -0.39 is 0 Å². The summed E-state index contributed by atoms with van der Waals surface area (Å²) < 4.78 is 7.51. The van der Waals surface area contributed by atoms with Crippen molar-refractivity contribution < 1.29 is 14.0 Å². The van der Waals surface area contributed by atoms with Crippen LogP contribution in [0.1, 0.15) is 55.5 Å². The van der Waals surface area contributed by atoms with Gasteiger partial charge in [-0.15, -0.1) is 0 Å². The molecule has 8 nitrogen and oxygen atoms in total. The smallest absolute Gasteiger partial charge is 0.289 e. The summed E-state index contributed by atoms with van der Waals surface area (Å²) >= 11 is 0. The van der Waals surface area contributed by atoms with Crippen molar-refractivity contribution in [2.45, 2.75) is 51.5 Å². The SMILES string of the molecule is O=C(CCCn1cncn1)Nc1ccc2oc(C(=O)N3CCCCCCC3)cc2c1. The minimum absolute atomic E-state index is 0.0493. The lowest BCUT2D eigenvalue weighted by Crippen LogP contribution is -2.33. The topological polar surface area (TPSA) is 93.3 Å². The molecule has 2 amide bonds. The maximum Gasteiger partial charge on any atom is 0.289 e. The van der Waals surface area contributed by atoms with Gasteiger partial charge in [-0.1, -0.05) is 19.3 Å². The van der Waals surface area contributed by atoms with E-state index in [1.54, 1.807) is 29.2 Å². The highest BCUT2D eigenvalue weighted by molar-refractivity contribution is 5.98. The van der Waals surface area contributed by atoms with Gasteiger partial charge in [-0.05, 0) is 43.5 Å². The van der Waals surface area contributed by atoms with Crippen molar-refractivity contribution in [2.75, 3.05) is 18.4 Å². The number of hydrogen-bond donors (Lipinski definition) is 1. The highest BCUT2D eigenvalue weighted by Gasteiger charge is 2.20. The predicted molar refractivity (Wildman–Crippen MR) is 113 cm³/mol. The number of benzene rings is 1. The standard InChI is InChI=1S/C22H27N5O3/c28-21(7-6-12-27-16-23-15-24-27)25-18-8-9-19-17(13-18)14-20(30-19)22(29)26-10-4-2-1-3-5-11-26/h8-9,13-16H,1-7,10-12H2,(H,25,28). The van der Waals surface area contributed by atoms with Crippen LogP contribution >= 0.6 is 0 Å². The number of nitrogens with zero attached hydrogens (tertiary/aromatic N) is 4. The van der Waals surface area contributed by atoms with Crippen LogP contribution in [0.4, 0.5) is 5.69 Å². The van der Waals surface area contributed by atoms with Crippen LogP contribution < -0.4 is 5.32 Å². The third-order valence-electron chi connectivity index (χ3n) is 5.41. The van der Waals surface area contributed by atoms with Gasteiger partial charge in [-0.25, -0.2) is 4.98 Å². The van der Waals surface area contributed by atoms with Crippen molar-refractivity contribution in [3.63, 3.8) is 0 Å². The van der Waals surface area contributed by atoms with Gasteiger partial charge in [0, 0.05) is 37.1 Å². The quantitative estimate of drug-likeness (QED) is 0.667. The van der Waals surface area contributed by atoms with Gasteiger partial charge in [0.2, 0.25) is 5.91 Å². The Hall–Kier alpha value is -3.16. The molecule has 0 unspecified atom stereocenters. The number of rotatable bonds is 6. The Morgan fingerprint density at radius 3 is 2.63 bits per heavy atom. The van der Waals surface area contributed by atoms with E-state index in [4.69, 9.17) is 4.42 Å². The molecule has 1 fully saturated rings. The predicted octanol–water partition coefficient (Wildman–Crippen LogP) is 3.85. The minimum Gasteiger partial charge on any atom is -0.451 e. The van der Waals surface area contributed by atoms with Crippen molar-refractivity contribution in [3.05, 3.63) is 42.7 Å². The molecule has 3 aromatic rings. The van der Waals surface area contributed by atoms with Gasteiger partial charge in [0.15, 0.2) is 5.76 Å². The summed E-state index contributed by atoms with van der Waals surface area (Å²) in [5.41, 5.74) is 1.34. The highest BCUT2D eigenvalue weighted by atomic mass is 16.3. The number of furan rings is 1. The number of aryl methyl sites for hydroxylation is 1. The molecule has 2 aromatic heterocycles. The van der Waals surface area contributed by atoms with Gasteiger partial charge in [0.05, 0.1) is 0 Å². The first-order chi connectivity index (χ1) is 14.7. The first-order valence-corrected chi connectivity index (χ1v) is 10.6. The Labute approximate surface area is 175 Å². The third kappa shape index (κ3) is 5.06. The third-order valence-corrected chi connectivity index (χ3v) is 5.41. The van der Waals surface area contributed by atoms with E-state index in [0.717, 1.165) is 31.3 Å². The van der Waals surface area contributed by atoms with Crippen LogP contribution in [0.5, 0.6) is 0 Å². The lowest BCUT2D eigenvalue weighted by Gasteiger charge is -2.23. The van der Waals surface area contributed by atoms with Gasteiger partial charge in [-0.3, -0.25) is 14.3 Å². The summed E-state index contributed by atoms with van der Waals surface area (Å²) in [6, 6.07) is 7.21. The van der Waals surface area contributed by atoms with Gasteiger partial charge in [0.25, 0.3) is 5.91 Å².